The number of hydrogen-bond donors (Lipinski definition) is 0. The molecule has 1 atom stereocenters. The van der Waals surface area contributed by atoms with Gasteiger partial charge in [-0.15, -0.1) is 0 Å². The van der Waals surface area contributed by atoms with Crippen LogP contribution in [0.5, 0.6) is 0 Å². The van der Waals surface area contributed by atoms with Crippen molar-refractivity contribution in [3.63, 3.8) is 0 Å². The number of carbonyl (C=O) groups excluding carboxylic acids is 1. The predicted octanol–water partition coefficient (Wildman–Crippen LogP) is 3.09. The molecule has 1 unspecified atom stereocenters. The van der Waals surface area contributed by atoms with Gasteiger partial charge in [-0.2, -0.15) is 5.26 Å². The Hall–Kier alpha value is -2.39. The summed E-state index contributed by atoms with van der Waals surface area (Å²) in [4.78, 5) is 16.8. The fourth-order valence-electron chi connectivity index (χ4n) is 2.69. The highest BCUT2D eigenvalue weighted by molar-refractivity contribution is 5.97. The largest absolute Gasteiger partial charge is 0.469 e. The molecule has 0 saturated carbocycles. The molecular formula is C19H24N2O4. The molecule has 0 spiro atoms. The Kier molecular flexibility index (Phi) is 7.93. The van der Waals surface area contributed by atoms with E-state index in [0.29, 0.717) is 19.6 Å². The maximum Gasteiger partial charge on any atom is 0.327 e. The van der Waals surface area contributed by atoms with Gasteiger partial charge in [0.2, 0.25) is 0 Å². The van der Waals surface area contributed by atoms with Crippen LogP contribution in [0, 0.1) is 17.2 Å². The van der Waals surface area contributed by atoms with Crippen LogP contribution in [0.2, 0.25) is 0 Å². The number of rotatable bonds is 9. The zero-order chi connectivity index (χ0) is 17.9. The van der Waals surface area contributed by atoms with Crippen molar-refractivity contribution in [2.24, 2.45) is 10.9 Å². The number of nitrogens with zero attached hydrogens (tertiary/aromatic N) is 2. The lowest BCUT2D eigenvalue weighted by Crippen LogP contribution is -2.22. The number of allylic oxidation sites excluding steroid dienone is 1. The second kappa shape index (κ2) is 10.5. The zero-order valence-corrected chi connectivity index (χ0v) is 14.6. The zero-order valence-electron chi connectivity index (χ0n) is 14.6. The summed E-state index contributed by atoms with van der Waals surface area (Å²) in [6.07, 6.45) is 7.33. The van der Waals surface area contributed by atoms with Crippen LogP contribution in [-0.4, -0.2) is 38.5 Å². The minimum Gasteiger partial charge on any atom is -0.469 e. The Balaban J connectivity index is 1.89. The molecule has 6 heteroatoms. The van der Waals surface area contributed by atoms with Gasteiger partial charge in [-0.3, -0.25) is 9.79 Å². The SMILES string of the molecule is COCCCN=C1C=C(C(C#N)C(=O)OCCc2ccco2)CCC1. The summed E-state index contributed by atoms with van der Waals surface area (Å²) in [5, 5.41) is 9.40. The first-order valence-corrected chi connectivity index (χ1v) is 8.56. The van der Waals surface area contributed by atoms with Gasteiger partial charge >= 0.3 is 5.97 Å². The summed E-state index contributed by atoms with van der Waals surface area (Å²) in [6, 6.07) is 5.68. The Morgan fingerprint density at radius 3 is 3.04 bits per heavy atom. The third kappa shape index (κ3) is 6.20. The van der Waals surface area contributed by atoms with E-state index >= 15 is 0 Å². The Labute approximate surface area is 148 Å². The molecule has 1 heterocycles. The Morgan fingerprint density at radius 2 is 2.32 bits per heavy atom. The average molecular weight is 344 g/mol. The number of esters is 1. The summed E-state index contributed by atoms with van der Waals surface area (Å²) in [5.41, 5.74) is 1.74. The number of ether oxygens (including phenoxy) is 2. The summed E-state index contributed by atoms with van der Waals surface area (Å²) >= 11 is 0. The van der Waals surface area contributed by atoms with Crippen LogP contribution >= 0.6 is 0 Å². The van der Waals surface area contributed by atoms with Gasteiger partial charge in [0.15, 0.2) is 5.92 Å². The van der Waals surface area contributed by atoms with E-state index in [0.717, 1.165) is 42.7 Å². The van der Waals surface area contributed by atoms with E-state index in [-0.39, 0.29) is 6.61 Å². The van der Waals surface area contributed by atoms with Gasteiger partial charge in [-0.05, 0) is 49.5 Å². The summed E-state index contributed by atoms with van der Waals surface area (Å²) in [7, 11) is 1.67. The van der Waals surface area contributed by atoms with Crippen molar-refractivity contribution < 1.29 is 18.7 Å². The van der Waals surface area contributed by atoms with Crippen LogP contribution in [0.1, 0.15) is 31.4 Å². The first-order chi connectivity index (χ1) is 12.2. The van der Waals surface area contributed by atoms with Crippen LogP contribution in [-0.2, 0) is 20.7 Å². The summed E-state index contributed by atoms with van der Waals surface area (Å²) < 4.78 is 15.5. The van der Waals surface area contributed by atoms with Crippen LogP contribution in [0.25, 0.3) is 0 Å². The van der Waals surface area contributed by atoms with Crippen molar-refractivity contribution in [3.05, 3.63) is 35.8 Å². The first-order valence-electron chi connectivity index (χ1n) is 8.56. The van der Waals surface area contributed by atoms with E-state index in [4.69, 9.17) is 13.9 Å². The van der Waals surface area contributed by atoms with Gasteiger partial charge in [0, 0.05) is 32.4 Å². The molecule has 1 aliphatic rings. The van der Waals surface area contributed by atoms with Crippen LogP contribution in [0.4, 0.5) is 0 Å². The number of aliphatic imine (C=N–C) groups is 1. The molecule has 0 N–H and O–H groups in total. The third-order valence-electron chi connectivity index (χ3n) is 3.98. The van der Waals surface area contributed by atoms with Crippen molar-refractivity contribution in [3.8, 4) is 6.07 Å². The predicted molar refractivity (Wildman–Crippen MR) is 93.2 cm³/mol. The Bertz CT molecular complexity index is 641. The van der Waals surface area contributed by atoms with Crippen LogP contribution in [0.15, 0.2) is 39.5 Å². The molecule has 0 bridgehead atoms. The number of hydrogen-bond acceptors (Lipinski definition) is 6. The van der Waals surface area contributed by atoms with Gasteiger partial charge in [0.05, 0.1) is 18.9 Å². The van der Waals surface area contributed by atoms with Crippen molar-refractivity contribution in [2.75, 3.05) is 26.9 Å². The van der Waals surface area contributed by atoms with Crippen molar-refractivity contribution in [2.45, 2.75) is 32.1 Å². The van der Waals surface area contributed by atoms with Gasteiger partial charge in [-0.25, -0.2) is 0 Å². The number of carbonyl (C=O) groups is 1. The maximum atomic E-state index is 12.2. The molecule has 0 fully saturated rings. The van der Waals surface area contributed by atoms with Crippen molar-refractivity contribution in [1.29, 1.82) is 5.26 Å². The second-order valence-corrected chi connectivity index (χ2v) is 5.85. The highest BCUT2D eigenvalue weighted by Gasteiger charge is 2.26. The molecule has 0 saturated heterocycles. The number of furan rings is 1. The highest BCUT2D eigenvalue weighted by Crippen LogP contribution is 2.24. The summed E-state index contributed by atoms with van der Waals surface area (Å²) in [6.45, 7) is 1.57. The average Bonchev–Trinajstić information content (AvgIpc) is 3.13. The third-order valence-corrected chi connectivity index (χ3v) is 3.98. The second-order valence-electron chi connectivity index (χ2n) is 5.85. The van der Waals surface area contributed by atoms with E-state index in [1.54, 1.807) is 19.4 Å². The lowest BCUT2D eigenvalue weighted by atomic mass is 9.89. The molecule has 1 aromatic heterocycles. The number of methoxy groups -OCH3 is 1. The molecule has 2 rings (SSSR count). The summed E-state index contributed by atoms with van der Waals surface area (Å²) in [5.74, 6) is -0.606. The fraction of sp³-hybridized carbons (Fsp3) is 0.526. The van der Waals surface area contributed by atoms with Gasteiger partial charge in [-0.1, -0.05) is 0 Å². The topological polar surface area (TPSA) is 84.8 Å². The molecule has 6 nitrogen and oxygen atoms in total. The van der Waals surface area contributed by atoms with Gasteiger partial charge in [0.1, 0.15) is 5.76 Å². The quantitative estimate of drug-likeness (QED) is 0.507. The standard InChI is InChI=1S/C19H24N2O4/c1-23-10-4-9-21-16-6-2-5-15(13-16)18(14-20)19(22)25-12-8-17-7-3-11-24-17/h3,7,11,13,18H,2,4-6,8-10,12H2,1H3. The van der Waals surface area contributed by atoms with E-state index in [9.17, 15) is 10.1 Å². The maximum absolute atomic E-state index is 12.2. The highest BCUT2D eigenvalue weighted by atomic mass is 16.5. The van der Waals surface area contributed by atoms with Crippen LogP contribution in [0.3, 0.4) is 0 Å². The van der Waals surface area contributed by atoms with E-state index in [2.05, 4.69) is 11.1 Å². The molecule has 0 aromatic carbocycles. The molecule has 134 valence electrons. The molecular weight excluding hydrogens is 320 g/mol. The first kappa shape index (κ1) is 18.9. The minimum absolute atomic E-state index is 0.204. The molecule has 1 aliphatic carbocycles. The lowest BCUT2D eigenvalue weighted by molar-refractivity contribution is -0.145. The van der Waals surface area contributed by atoms with Crippen molar-refractivity contribution in [1.82, 2.24) is 0 Å². The molecule has 0 aliphatic heterocycles. The molecule has 1 aromatic rings. The van der Waals surface area contributed by atoms with Crippen molar-refractivity contribution >= 4 is 11.7 Å². The molecule has 25 heavy (non-hydrogen) atoms. The Morgan fingerprint density at radius 1 is 1.44 bits per heavy atom. The van der Waals surface area contributed by atoms with E-state index in [1.807, 2.05) is 12.1 Å². The molecule has 0 amide bonds. The molecule has 0 radical (unpaired) electrons. The monoisotopic (exact) mass is 344 g/mol. The minimum atomic E-state index is -0.860. The number of nitriles is 1. The van der Waals surface area contributed by atoms with E-state index in [1.165, 1.54) is 0 Å². The smallest absolute Gasteiger partial charge is 0.327 e. The fourth-order valence-corrected chi connectivity index (χ4v) is 2.69. The van der Waals surface area contributed by atoms with E-state index < -0.39 is 11.9 Å². The normalized spacial score (nSPS) is 17.0. The lowest BCUT2D eigenvalue weighted by Gasteiger charge is -2.18. The van der Waals surface area contributed by atoms with Crippen LogP contribution < -0.4 is 0 Å². The van der Waals surface area contributed by atoms with Gasteiger partial charge in [0.25, 0.3) is 0 Å². The van der Waals surface area contributed by atoms with Gasteiger partial charge < -0.3 is 13.9 Å².